The van der Waals surface area contributed by atoms with E-state index in [0.29, 0.717) is 25.7 Å². The summed E-state index contributed by atoms with van der Waals surface area (Å²) in [6, 6.07) is 0. The van der Waals surface area contributed by atoms with Gasteiger partial charge in [0.1, 0.15) is 79.4 Å². The van der Waals surface area contributed by atoms with Crippen LogP contribution in [0.5, 0.6) is 0 Å². The Hall–Kier alpha value is -1.55. The van der Waals surface area contributed by atoms with Crippen LogP contribution in [0.2, 0.25) is 0 Å². The van der Waals surface area contributed by atoms with Crippen LogP contribution in [0.25, 0.3) is 0 Å². The van der Waals surface area contributed by atoms with E-state index in [1.165, 1.54) is 12.5 Å². The number of rotatable bonds is 11. The summed E-state index contributed by atoms with van der Waals surface area (Å²) in [6.07, 6.45) is -19.7. The molecule has 418 valence electrons. The maximum atomic E-state index is 13.2. The average Bonchev–Trinajstić information content (AvgIpc) is 3.34. The van der Waals surface area contributed by atoms with E-state index in [-0.39, 0.29) is 46.0 Å². The summed E-state index contributed by atoms with van der Waals surface area (Å²) in [5.41, 5.74) is -0.985. The van der Waals surface area contributed by atoms with Crippen molar-refractivity contribution >= 4 is 5.97 Å². The van der Waals surface area contributed by atoms with E-state index in [1.54, 1.807) is 0 Å². The fraction of sp³-hybridized carbons (Fsp3) is 0.942. The lowest BCUT2D eigenvalue weighted by molar-refractivity contribution is -0.389. The summed E-state index contributed by atoms with van der Waals surface area (Å²) in [5, 5.41) is 130. The number of fused-ring (bicyclic) bond motifs is 7. The Morgan fingerprint density at radius 3 is 1.99 bits per heavy atom. The van der Waals surface area contributed by atoms with E-state index < -0.39 is 153 Å². The van der Waals surface area contributed by atoms with Crippen molar-refractivity contribution in [3.05, 3.63) is 11.6 Å². The number of hydrogen-bond donors (Lipinski definition) is 12. The maximum absolute atomic E-state index is 13.2. The van der Waals surface area contributed by atoms with E-state index in [9.17, 15) is 66.1 Å². The first-order valence-corrected chi connectivity index (χ1v) is 26.7. The Kier molecular flexibility index (Phi) is 15.6. The highest BCUT2D eigenvalue weighted by Gasteiger charge is 2.70. The second-order valence-corrected chi connectivity index (χ2v) is 25.2. The van der Waals surface area contributed by atoms with Gasteiger partial charge in [-0.05, 0) is 111 Å². The van der Waals surface area contributed by atoms with Crippen molar-refractivity contribution < 1.29 is 104 Å². The molecule has 21 nitrogen and oxygen atoms in total. The molecule has 4 saturated carbocycles. The monoisotopic (exact) mass is 1040 g/mol. The van der Waals surface area contributed by atoms with Crippen LogP contribution in [0.15, 0.2) is 11.6 Å². The lowest BCUT2D eigenvalue weighted by Gasteiger charge is -2.71. The third kappa shape index (κ3) is 9.10. The number of aliphatic hydroxyl groups excluding tert-OH is 11. The quantitative estimate of drug-likeness (QED) is 0.0942. The fourth-order valence-corrected chi connectivity index (χ4v) is 16.0. The first-order valence-electron chi connectivity index (χ1n) is 26.7. The molecule has 0 spiro atoms. The average molecular weight is 1050 g/mol. The van der Waals surface area contributed by atoms with E-state index in [0.717, 1.165) is 38.5 Å². The van der Waals surface area contributed by atoms with Crippen molar-refractivity contribution in [3.63, 3.8) is 0 Å². The molecule has 0 aromatic carbocycles. The Balaban J connectivity index is 0.982. The fourth-order valence-electron chi connectivity index (χ4n) is 16.0. The molecule has 9 rings (SSSR count). The van der Waals surface area contributed by atoms with Gasteiger partial charge in [-0.15, -0.1) is 0 Å². The van der Waals surface area contributed by atoms with Crippen molar-refractivity contribution in [2.24, 2.45) is 50.2 Å². The van der Waals surface area contributed by atoms with Gasteiger partial charge in [-0.1, -0.05) is 53.2 Å². The minimum Gasteiger partial charge on any atom is -0.481 e. The van der Waals surface area contributed by atoms with Crippen LogP contribution in [0, 0.1) is 50.2 Å². The number of aliphatic hydroxyl groups is 11. The third-order valence-corrected chi connectivity index (χ3v) is 20.8. The molecule has 0 aromatic rings. The molecule has 0 aromatic heterocycles. The van der Waals surface area contributed by atoms with Gasteiger partial charge in [-0.25, -0.2) is 0 Å². The molecule has 0 radical (unpaired) electrons. The number of aliphatic carboxylic acids is 1. The predicted molar refractivity (Wildman–Crippen MR) is 251 cm³/mol. The Morgan fingerprint density at radius 1 is 0.644 bits per heavy atom. The molecule has 4 aliphatic heterocycles. The van der Waals surface area contributed by atoms with Gasteiger partial charge in [0, 0.05) is 5.41 Å². The second kappa shape index (κ2) is 20.3. The van der Waals surface area contributed by atoms with E-state index in [2.05, 4.69) is 40.7 Å². The van der Waals surface area contributed by atoms with Crippen molar-refractivity contribution in [2.75, 3.05) is 26.4 Å². The molecule has 5 aliphatic carbocycles. The minimum absolute atomic E-state index is 0.0263. The largest absolute Gasteiger partial charge is 0.481 e. The molecule has 21 heteroatoms. The molecule has 27 atom stereocenters. The number of carboxylic acid groups (broad SMARTS) is 1. The van der Waals surface area contributed by atoms with Gasteiger partial charge in [-0.3, -0.25) is 4.79 Å². The zero-order valence-corrected chi connectivity index (χ0v) is 43.2. The highest BCUT2D eigenvalue weighted by Crippen LogP contribution is 2.76. The van der Waals surface area contributed by atoms with E-state index in [1.807, 2.05) is 6.92 Å². The van der Waals surface area contributed by atoms with Crippen molar-refractivity contribution in [1.82, 2.24) is 0 Å². The summed E-state index contributed by atoms with van der Waals surface area (Å²) in [5.74, 6) is -0.589. The van der Waals surface area contributed by atoms with Crippen LogP contribution in [-0.4, -0.2) is 210 Å². The number of ether oxygens (including phenoxy) is 8. The Labute approximate surface area is 426 Å². The van der Waals surface area contributed by atoms with Crippen LogP contribution >= 0.6 is 0 Å². The summed E-state index contributed by atoms with van der Waals surface area (Å²) in [4.78, 5) is 13.2. The Morgan fingerprint density at radius 2 is 1.30 bits per heavy atom. The molecular formula is C52H84O21. The van der Waals surface area contributed by atoms with Gasteiger partial charge in [-0.2, -0.15) is 0 Å². The number of carbonyl (C=O) groups is 1. The molecule has 73 heavy (non-hydrogen) atoms. The first-order chi connectivity index (χ1) is 34.2. The zero-order chi connectivity index (χ0) is 53.1. The smallest absolute Gasteiger partial charge is 0.310 e. The van der Waals surface area contributed by atoms with Crippen LogP contribution in [0.4, 0.5) is 0 Å². The first kappa shape index (κ1) is 56.2. The molecule has 12 N–H and O–H groups in total. The van der Waals surface area contributed by atoms with Crippen molar-refractivity contribution in [3.8, 4) is 0 Å². The number of hydrogen-bond acceptors (Lipinski definition) is 20. The van der Waals surface area contributed by atoms with Crippen molar-refractivity contribution in [2.45, 2.75) is 229 Å². The lowest BCUT2D eigenvalue weighted by Crippen LogP contribution is -2.67. The second-order valence-electron chi connectivity index (χ2n) is 25.2. The van der Waals surface area contributed by atoms with Gasteiger partial charge >= 0.3 is 5.97 Å². The summed E-state index contributed by atoms with van der Waals surface area (Å²) >= 11 is 0. The lowest BCUT2D eigenvalue weighted by atomic mass is 9.33. The SMILES string of the molecule is C[C@@H]1O[C@@H](O[C@H]2[C@H](O[C@H]3CC[C@@]4(C)C(CC[C@]5(C)C4CC=C4C6CC(C)(C)CC[C@]6(C(=O)O)CC[C@]45C)[C@]3(C)CO)OC[C@@H](O[C@@H]3O[C@H](CO)[C@@H](O)[C@H](O)[C@H]3O)[C@@H]2O)[C@H](O)[C@H](O[C@@H]2OC[C@@H](O)[C@@H](O)[C@H]2O)[C@H]1O. The van der Waals surface area contributed by atoms with Crippen LogP contribution in [-0.2, 0) is 42.7 Å². The molecule has 4 heterocycles. The van der Waals surface area contributed by atoms with Crippen LogP contribution in [0.1, 0.15) is 113 Å². The summed E-state index contributed by atoms with van der Waals surface area (Å²) in [6.45, 7) is 13.3. The Bertz CT molecular complexity index is 2010. The van der Waals surface area contributed by atoms with E-state index >= 15 is 0 Å². The van der Waals surface area contributed by atoms with Gasteiger partial charge < -0.3 is 99.2 Å². The summed E-state index contributed by atoms with van der Waals surface area (Å²) in [7, 11) is 0. The van der Waals surface area contributed by atoms with Gasteiger partial charge in [0.25, 0.3) is 0 Å². The molecular weight excluding hydrogens is 961 g/mol. The molecule has 9 aliphatic rings. The standard InChI is InChI=1S/C52H84O21/c1-23-32(56)40(72-42-37(61)33(57)26(55)20-66-42)39(63)44(68-23)73-41-35(59)28(70-43-38(62)36(60)34(58)27(19-53)69-43)21-67-45(41)71-31-11-12-48(4)29(49(31,5)22-54)10-13-51(7)30(48)9-8-24-25-18-47(2,3)14-16-52(25,46(64)65)17-15-50(24,51)6/h8,23,25-45,53-63H,9-22H2,1-7H3,(H,64,65)/t23-,25?,26+,27+,28+,29?,30?,31-,32-,33+,34+,35-,36-,37+,38+,39+,40+,41+,42-,43-,44-,45-,48-,49-,50+,51+,52-/m0/s1. The number of carboxylic acids is 1. The molecule has 8 fully saturated rings. The number of allylic oxidation sites excluding steroid dienone is 2. The summed E-state index contributed by atoms with van der Waals surface area (Å²) < 4.78 is 48.5. The predicted octanol–water partition coefficient (Wildman–Crippen LogP) is -0.191. The van der Waals surface area contributed by atoms with Gasteiger partial charge in [0.2, 0.25) is 0 Å². The molecule has 0 amide bonds. The molecule has 4 saturated heterocycles. The van der Waals surface area contributed by atoms with Gasteiger partial charge in [0.05, 0.1) is 44.1 Å². The van der Waals surface area contributed by atoms with Crippen molar-refractivity contribution in [1.29, 1.82) is 0 Å². The van der Waals surface area contributed by atoms with Gasteiger partial charge in [0.15, 0.2) is 25.2 Å². The van der Waals surface area contributed by atoms with Crippen LogP contribution < -0.4 is 0 Å². The zero-order valence-electron chi connectivity index (χ0n) is 43.2. The topological polar surface area (TPSA) is 334 Å². The highest BCUT2D eigenvalue weighted by molar-refractivity contribution is 5.76. The maximum Gasteiger partial charge on any atom is 0.310 e. The minimum atomic E-state index is -1.86. The van der Waals surface area contributed by atoms with E-state index in [4.69, 9.17) is 37.9 Å². The molecule has 3 unspecified atom stereocenters. The highest BCUT2D eigenvalue weighted by atomic mass is 16.8. The third-order valence-electron chi connectivity index (χ3n) is 20.8. The normalized spacial score (nSPS) is 55.0. The van der Waals surface area contributed by atoms with Crippen LogP contribution in [0.3, 0.4) is 0 Å². The molecule has 0 bridgehead atoms.